The normalized spacial score (nSPS) is 16.4. The van der Waals surface area contributed by atoms with Crippen molar-refractivity contribution in [2.75, 3.05) is 9.80 Å². The number of benzene rings is 7. The molecule has 3 aromatic heterocycles. The van der Waals surface area contributed by atoms with Gasteiger partial charge in [-0.2, -0.15) is 0 Å². The van der Waals surface area contributed by atoms with Crippen molar-refractivity contribution in [2.45, 2.75) is 103 Å². The van der Waals surface area contributed by atoms with Gasteiger partial charge in [-0.25, -0.2) is 0 Å². The molecule has 7 aromatic carbocycles. The summed E-state index contributed by atoms with van der Waals surface area (Å²) in [6, 6.07) is 47.5. The maximum Gasteiger partial charge on any atom is 0.229 e. The van der Waals surface area contributed by atoms with E-state index in [1.807, 2.05) is 34.0 Å². The zero-order valence-corrected chi connectivity index (χ0v) is 45.2. The summed E-state index contributed by atoms with van der Waals surface area (Å²) >= 11 is 7.78. The van der Waals surface area contributed by atoms with Gasteiger partial charge in [-0.15, -0.1) is 45.8 Å². The van der Waals surface area contributed by atoms with Gasteiger partial charge in [-0.05, 0) is 189 Å². The molecule has 2 nitrogen and oxygen atoms in total. The van der Waals surface area contributed by atoms with Crippen molar-refractivity contribution >= 4 is 121 Å². The number of hydrogen-bond donors (Lipinski definition) is 0. The fourth-order valence-electron chi connectivity index (χ4n) is 12.4. The summed E-state index contributed by atoms with van der Waals surface area (Å²) in [5, 5.41) is 10.3. The first-order chi connectivity index (χ1) is 33.5. The highest BCUT2D eigenvalue weighted by atomic mass is 32.2. The molecule has 2 unspecified atom stereocenters. The lowest BCUT2D eigenvalue weighted by Gasteiger charge is -2.49. The van der Waals surface area contributed by atoms with Crippen molar-refractivity contribution in [3.63, 3.8) is 0 Å². The first-order valence-corrected chi connectivity index (χ1v) is 28.3. The summed E-state index contributed by atoms with van der Waals surface area (Å²) in [5.41, 5.74) is 24.3. The third-order valence-corrected chi connectivity index (χ3v) is 20.1. The van der Waals surface area contributed by atoms with E-state index in [1.54, 1.807) is 0 Å². The predicted molar refractivity (Wildman–Crippen MR) is 312 cm³/mol. The fourth-order valence-corrected chi connectivity index (χ4v) is 17.1. The van der Waals surface area contributed by atoms with Crippen LogP contribution < -0.4 is 20.7 Å². The van der Waals surface area contributed by atoms with Crippen LogP contribution in [-0.2, 0) is 10.8 Å². The van der Waals surface area contributed by atoms with Crippen molar-refractivity contribution in [2.24, 2.45) is 0 Å². The average Bonchev–Trinajstić information content (AvgIpc) is 4.12. The van der Waals surface area contributed by atoms with Crippen LogP contribution >= 0.6 is 45.8 Å². The quantitative estimate of drug-likeness (QED) is 0.162. The maximum absolute atomic E-state index is 2.82. The largest absolute Gasteiger partial charge is 0.329 e. The zero-order valence-electron chi connectivity index (χ0n) is 42.0. The Bertz CT molecular complexity index is 3790. The molecule has 0 amide bonds. The summed E-state index contributed by atoms with van der Waals surface area (Å²) in [7, 11) is 0. The molecule has 3 aliphatic rings. The van der Waals surface area contributed by atoms with Gasteiger partial charge in [0.05, 0.1) is 16.1 Å². The Hall–Kier alpha value is -5.57. The number of anilines is 5. The highest BCUT2D eigenvalue weighted by Crippen LogP contribution is 2.59. The SMILES string of the molecule is Cc1cc2c3c(c1)N(c1c(C)cc(-c4csc5ccccc45)cc1C)C1Sc4ccc(C(C)(C)C)cc4C1B3c1c(sc3ccc(C(C)(C)C)cc13)N2c1c(C)cc(-c2csc3ccccc23)cc1C. The van der Waals surface area contributed by atoms with Crippen molar-refractivity contribution in [3.05, 3.63) is 177 Å². The summed E-state index contributed by atoms with van der Waals surface area (Å²) < 4.78 is 4.03. The average molecular weight is 981 g/mol. The van der Waals surface area contributed by atoms with Crippen molar-refractivity contribution in [1.82, 2.24) is 0 Å². The van der Waals surface area contributed by atoms with Crippen LogP contribution in [0.5, 0.6) is 0 Å². The summed E-state index contributed by atoms with van der Waals surface area (Å²) in [5.74, 6) is 0.198. The molecule has 10 aromatic rings. The molecule has 0 saturated carbocycles. The molecule has 0 fully saturated rings. The molecule has 70 heavy (non-hydrogen) atoms. The molecule has 346 valence electrons. The molecule has 0 aliphatic carbocycles. The Labute approximate surface area is 430 Å². The Morgan fingerprint density at radius 1 is 0.514 bits per heavy atom. The third kappa shape index (κ3) is 6.64. The van der Waals surface area contributed by atoms with E-state index < -0.39 is 0 Å². The van der Waals surface area contributed by atoms with Crippen LogP contribution in [0.3, 0.4) is 0 Å². The Morgan fingerprint density at radius 2 is 1.06 bits per heavy atom. The molecular formula is C63H57BN2S4. The number of thioether (sulfide) groups is 1. The number of aryl methyl sites for hydroxylation is 5. The van der Waals surface area contributed by atoms with E-state index in [4.69, 9.17) is 0 Å². The van der Waals surface area contributed by atoms with Crippen LogP contribution in [0, 0.1) is 34.6 Å². The van der Waals surface area contributed by atoms with Crippen molar-refractivity contribution < 1.29 is 0 Å². The van der Waals surface area contributed by atoms with Gasteiger partial charge in [-0.1, -0.05) is 102 Å². The van der Waals surface area contributed by atoms with E-state index in [9.17, 15) is 0 Å². The van der Waals surface area contributed by atoms with E-state index in [-0.39, 0.29) is 28.7 Å². The topological polar surface area (TPSA) is 6.48 Å². The van der Waals surface area contributed by atoms with Crippen LogP contribution in [0.1, 0.15) is 91.9 Å². The Balaban J connectivity index is 1.10. The third-order valence-electron chi connectivity index (χ3n) is 15.6. The lowest BCUT2D eigenvalue weighted by Crippen LogP contribution is -2.61. The van der Waals surface area contributed by atoms with Gasteiger partial charge in [0.15, 0.2) is 0 Å². The number of hydrogen-bond acceptors (Lipinski definition) is 6. The van der Waals surface area contributed by atoms with Gasteiger partial charge in [0.2, 0.25) is 6.71 Å². The summed E-state index contributed by atoms with van der Waals surface area (Å²) in [6.45, 7) is 26.1. The lowest BCUT2D eigenvalue weighted by atomic mass is 9.29. The molecule has 0 saturated heterocycles. The van der Waals surface area contributed by atoms with Crippen LogP contribution in [0.25, 0.3) is 52.5 Å². The standard InChI is InChI=1S/C63H57BN2S4/c1-34-24-49-57-50(25-34)66(59-37(4)28-40(29-38(59)5)48-33-68-52-19-15-13-17-44(48)52)61-56(46-31-42(63(9,10)11)21-23-54(46)70-61)64(57)55-45-30-41(62(6,7)8)20-22-53(45)69-60(55)65(49)58-35(2)26-39(27-36(58)3)47-32-67-51-18-14-12-16-43(47)51/h12-33,55,60H,1-11H3. The minimum absolute atomic E-state index is 0.00617. The highest BCUT2D eigenvalue weighted by Gasteiger charge is 2.55. The molecule has 0 N–H and O–H groups in total. The van der Waals surface area contributed by atoms with Gasteiger partial charge in [0.25, 0.3) is 0 Å². The van der Waals surface area contributed by atoms with E-state index in [1.165, 1.54) is 141 Å². The molecule has 13 rings (SSSR count). The minimum atomic E-state index is 0.00617. The maximum atomic E-state index is 2.82. The zero-order chi connectivity index (χ0) is 48.3. The number of fused-ring (bicyclic) bond motifs is 10. The second-order valence-corrected chi connectivity index (χ2v) is 26.4. The minimum Gasteiger partial charge on any atom is -0.329 e. The second kappa shape index (κ2) is 15.7. The number of rotatable bonds is 4. The molecule has 6 heterocycles. The van der Waals surface area contributed by atoms with Gasteiger partial charge in [-0.3, -0.25) is 0 Å². The lowest BCUT2D eigenvalue weighted by molar-refractivity contribution is 0.588. The van der Waals surface area contributed by atoms with Crippen LogP contribution in [0.15, 0.2) is 137 Å². The van der Waals surface area contributed by atoms with Crippen LogP contribution in [0.2, 0.25) is 0 Å². The summed E-state index contributed by atoms with van der Waals surface area (Å²) in [4.78, 5) is 6.95. The fraction of sp³-hybridized carbons (Fsp3) is 0.238. The first-order valence-electron chi connectivity index (χ1n) is 24.8. The smallest absolute Gasteiger partial charge is 0.229 e. The first kappa shape index (κ1) is 44.4. The van der Waals surface area contributed by atoms with Gasteiger partial charge < -0.3 is 9.80 Å². The van der Waals surface area contributed by atoms with Crippen molar-refractivity contribution in [3.8, 4) is 22.3 Å². The van der Waals surface area contributed by atoms with Crippen LogP contribution in [-0.4, -0.2) is 12.1 Å². The van der Waals surface area contributed by atoms with Gasteiger partial charge in [0, 0.05) is 63.8 Å². The van der Waals surface area contributed by atoms with Crippen LogP contribution in [0.4, 0.5) is 27.8 Å². The number of nitrogens with zero attached hydrogens (tertiary/aromatic N) is 2. The van der Waals surface area contributed by atoms with E-state index >= 15 is 0 Å². The Morgan fingerprint density at radius 3 is 1.66 bits per heavy atom. The summed E-state index contributed by atoms with van der Waals surface area (Å²) in [6.07, 6.45) is 0. The molecule has 2 atom stereocenters. The Kier molecular flexibility index (Phi) is 9.96. The molecule has 7 heteroatoms. The highest BCUT2D eigenvalue weighted by molar-refractivity contribution is 8.00. The monoisotopic (exact) mass is 980 g/mol. The molecule has 0 bridgehead atoms. The second-order valence-electron chi connectivity index (χ2n) is 22.4. The molecule has 3 aliphatic heterocycles. The predicted octanol–water partition coefficient (Wildman–Crippen LogP) is 18.1. The van der Waals surface area contributed by atoms with Crippen molar-refractivity contribution in [1.29, 1.82) is 0 Å². The molecule has 0 radical (unpaired) electrons. The van der Waals surface area contributed by atoms with E-state index in [0.29, 0.717) is 0 Å². The number of thiophene rings is 3. The molecule has 0 spiro atoms. The van der Waals surface area contributed by atoms with Gasteiger partial charge >= 0.3 is 0 Å². The van der Waals surface area contributed by atoms with Gasteiger partial charge in [0.1, 0.15) is 0 Å². The van der Waals surface area contributed by atoms with E-state index in [0.717, 1.165) is 0 Å². The van der Waals surface area contributed by atoms with E-state index in [2.05, 4.69) is 230 Å². The molecular weight excluding hydrogens is 924 g/mol.